The normalized spacial score (nSPS) is 12.3. The molecule has 0 saturated heterocycles. The predicted molar refractivity (Wildman–Crippen MR) is 83.1 cm³/mol. The SMILES string of the molecule is COCCN(CCCN(C)C)S(=O)(=O)c1ccnc(Cl)c1. The third-order valence-electron chi connectivity index (χ3n) is 2.89. The fourth-order valence-corrected chi connectivity index (χ4v) is 3.52. The molecule has 0 aliphatic heterocycles. The molecular formula is C13H22ClN3O3S. The van der Waals surface area contributed by atoms with Crippen LogP contribution in [0.5, 0.6) is 0 Å². The monoisotopic (exact) mass is 335 g/mol. The minimum absolute atomic E-state index is 0.156. The van der Waals surface area contributed by atoms with Crippen LogP contribution >= 0.6 is 11.6 Å². The van der Waals surface area contributed by atoms with Crippen LogP contribution in [0.1, 0.15) is 6.42 Å². The number of pyridine rings is 1. The first-order chi connectivity index (χ1) is 9.87. The summed E-state index contributed by atoms with van der Waals surface area (Å²) in [4.78, 5) is 5.99. The molecule has 0 aliphatic carbocycles. The largest absolute Gasteiger partial charge is 0.383 e. The van der Waals surface area contributed by atoms with Crippen molar-refractivity contribution in [3.05, 3.63) is 23.5 Å². The van der Waals surface area contributed by atoms with E-state index in [4.69, 9.17) is 16.3 Å². The van der Waals surface area contributed by atoms with Crippen molar-refractivity contribution in [2.24, 2.45) is 0 Å². The lowest BCUT2D eigenvalue weighted by Crippen LogP contribution is -2.36. The van der Waals surface area contributed by atoms with E-state index in [-0.39, 0.29) is 10.0 Å². The first-order valence-electron chi connectivity index (χ1n) is 6.63. The zero-order chi connectivity index (χ0) is 15.9. The maximum atomic E-state index is 12.6. The van der Waals surface area contributed by atoms with Crippen molar-refractivity contribution in [1.29, 1.82) is 0 Å². The Morgan fingerprint density at radius 3 is 2.57 bits per heavy atom. The highest BCUT2D eigenvalue weighted by Gasteiger charge is 2.24. The summed E-state index contributed by atoms with van der Waals surface area (Å²) in [5.41, 5.74) is 0. The van der Waals surface area contributed by atoms with E-state index in [2.05, 4.69) is 4.98 Å². The minimum Gasteiger partial charge on any atom is -0.383 e. The second-order valence-electron chi connectivity index (χ2n) is 4.87. The second kappa shape index (κ2) is 8.65. The average Bonchev–Trinajstić information content (AvgIpc) is 2.42. The number of aromatic nitrogens is 1. The summed E-state index contributed by atoms with van der Waals surface area (Å²) in [6, 6.07) is 2.82. The van der Waals surface area contributed by atoms with Crippen LogP contribution in [0.4, 0.5) is 0 Å². The Bertz CT molecular complexity index is 537. The van der Waals surface area contributed by atoms with Crippen LogP contribution in [-0.4, -0.2) is 70.1 Å². The number of hydrogen-bond acceptors (Lipinski definition) is 5. The quantitative estimate of drug-likeness (QED) is 0.637. The first-order valence-corrected chi connectivity index (χ1v) is 8.45. The molecule has 0 bridgehead atoms. The molecule has 1 aromatic heterocycles. The summed E-state index contributed by atoms with van der Waals surface area (Å²) < 4.78 is 31.7. The molecule has 0 aromatic carbocycles. The van der Waals surface area contributed by atoms with Crippen LogP contribution in [0.3, 0.4) is 0 Å². The standard InChI is InChI=1S/C13H22ClN3O3S/c1-16(2)7-4-8-17(9-10-20-3)21(18,19)12-5-6-15-13(14)11-12/h5-6,11H,4,7-10H2,1-3H3. The van der Waals surface area contributed by atoms with Crippen LogP contribution < -0.4 is 0 Å². The van der Waals surface area contributed by atoms with E-state index in [0.717, 1.165) is 13.0 Å². The number of methoxy groups -OCH3 is 1. The van der Waals surface area contributed by atoms with Gasteiger partial charge in [0.05, 0.1) is 11.5 Å². The lowest BCUT2D eigenvalue weighted by molar-refractivity contribution is 0.177. The summed E-state index contributed by atoms with van der Waals surface area (Å²) in [5, 5.41) is 0.163. The Hall–Kier alpha value is -0.730. The molecule has 0 radical (unpaired) electrons. The Morgan fingerprint density at radius 2 is 2.00 bits per heavy atom. The number of halogens is 1. The molecule has 120 valence electrons. The van der Waals surface area contributed by atoms with E-state index in [1.807, 2.05) is 19.0 Å². The van der Waals surface area contributed by atoms with E-state index in [1.54, 1.807) is 7.11 Å². The molecule has 0 atom stereocenters. The molecule has 0 aliphatic rings. The summed E-state index contributed by atoms with van der Waals surface area (Å²) in [5.74, 6) is 0. The number of rotatable bonds is 9. The lowest BCUT2D eigenvalue weighted by Gasteiger charge is -2.22. The third-order valence-corrected chi connectivity index (χ3v) is 4.99. The van der Waals surface area contributed by atoms with Crippen molar-refractivity contribution in [3.8, 4) is 0 Å². The van der Waals surface area contributed by atoms with Gasteiger partial charge < -0.3 is 9.64 Å². The molecule has 1 heterocycles. The van der Waals surface area contributed by atoms with Crippen molar-refractivity contribution < 1.29 is 13.2 Å². The Morgan fingerprint density at radius 1 is 1.29 bits per heavy atom. The molecular weight excluding hydrogens is 314 g/mol. The van der Waals surface area contributed by atoms with E-state index in [9.17, 15) is 8.42 Å². The minimum atomic E-state index is -3.58. The smallest absolute Gasteiger partial charge is 0.243 e. The predicted octanol–water partition coefficient (Wildman–Crippen LogP) is 1.32. The molecule has 0 amide bonds. The van der Waals surface area contributed by atoms with Gasteiger partial charge in [-0.05, 0) is 39.2 Å². The Kier molecular flexibility index (Phi) is 7.55. The summed E-state index contributed by atoms with van der Waals surface area (Å²) in [6.07, 6.45) is 2.14. The Balaban J connectivity index is 2.89. The maximum Gasteiger partial charge on any atom is 0.243 e. The molecule has 0 unspecified atom stereocenters. The average molecular weight is 336 g/mol. The Labute approximate surface area is 131 Å². The molecule has 0 fully saturated rings. The molecule has 21 heavy (non-hydrogen) atoms. The fraction of sp³-hybridized carbons (Fsp3) is 0.615. The van der Waals surface area contributed by atoms with E-state index in [0.29, 0.717) is 19.7 Å². The summed E-state index contributed by atoms with van der Waals surface area (Å²) in [6.45, 7) is 1.91. The van der Waals surface area contributed by atoms with Crippen molar-refractivity contribution in [1.82, 2.24) is 14.2 Å². The highest BCUT2D eigenvalue weighted by atomic mass is 35.5. The van der Waals surface area contributed by atoms with Gasteiger partial charge in [0, 0.05) is 26.4 Å². The third kappa shape index (κ3) is 5.88. The number of sulfonamides is 1. The molecule has 0 spiro atoms. The van der Waals surface area contributed by atoms with Crippen LogP contribution in [0.25, 0.3) is 0 Å². The maximum absolute atomic E-state index is 12.6. The van der Waals surface area contributed by atoms with Crippen molar-refractivity contribution in [3.63, 3.8) is 0 Å². The van der Waals surface area contributed by atoms with Gasteiger partial charge in [0.25, 0.3) is 0 Å². The lowest BCUT2D eigenvalue weighted by atomic mass is 10.4. The van der Waals surface area contributed by atoms with E-state index in [1.165, 1.54) is 22.6 Å². The topological polar surface area (TPSA) is 62.7 Å². The molecule has 8 heteroatoms. The zero-order valence-electron chi connectivity index (χ0n) is 12.6. The second-order valence-corrected chi connectivity index (χ2v) is 7.19. The van der Waals surface area contributed by atoms with E-state index < -0.39 is 10.0 Å². The first kappa shape index (κ1) is 18.3. The molecule has 0 saturated carbocycles. The van der Waals surface area contributed by atoms with Gasteiger partial charge in [-0.15, -0.1) is 0 Å². The molecule has 6 nitrogen and oxygen atoms in total. The van der Waals surface area contributed by atoms with Crippen molar-refractivity contribution in [2.75, 3.05) is 47.4 Å². The molecule has 1 aromatic rings. The zero-order valence-corrected chi connectivity index (χ0v) is 14.2. The van der Waals surface area contributed by atoms with Gasteiger partial charge in [-0.2, -0.15) is 4.31 Å². The van der Waals surface area contributed by atoms with Gasteiger partial charge in [0.15, 0.2) is 0 Å². The van der Waals surface area contributed by atoms with Crippen LogP contribution in [-0.2, 0) is 14.8 Å². The molecule has 0 N–H and O–H groups in total. The van der Waals surface area contributed by atoms with Crippen LogP contribution in [0, 0.1) is 0 Å². The number of ether oxygens (including phenoxy) is 1. The number of hydrogen-bond donors (Lipinski definition) is 0. The van der Waals surface area contributed by atoms with Gasteiger partial charge in [0.1, 0.15) is 5.15 Å². The highest BCUT2D eigenvalue weighted by Crippen LogP contribution is 2.18. The van der Waals surface area contributed by atoms with Crippen LogP contribution in [0.15, 0.2) is 23.2 Å². The number of nitrogens with zero attached hydrogens (tertiary/aromatic N) is 3. The summed E-state index contributed by atoms with van der Waals surface area (Å²) in [7, 11) is 1.88. The fourth-order valence-electron chi connectivity index (χ4n) is 1.80. The summed E-state index contributed by atoms with van der Waals surface area (Å²) >= 11 is 5.78. The van der Waals surface area contributed by atoms with Gasteiger partial charge in [-0.3, -0.25) is 0 Å². The van der Waals surface area contributed by atoms with Crippen molar-refractivity contribution >= 4 is 21.6 Å². The van der Waals surface area contributed by atoms with E-state index >= 15 is 0 Å². The van der Waals surface area contributed by atoms with Crippen molar-refractivity contribution in [2.45, 2.75) is 11.3 Å². The highest BCUT2D eigenvalue weighted by molar-refractivity contribution is 7.89. The van der Waals surface area contributed by atoms with Gasteiger partial charge in [-0.1, -0.05) is 11.6 Å². The van der Waals surface area contributed by atoms with Gasteiger partial charge >= 0.3 is 0 Å². The van der Waals surface area contributed by atoms with Crippen LogP contribution in [0.2, 0.25) is 5.15 Å². The van der Waals surface area contributed by atoms with Gasteiger partial charge in [-0.25, -0.2) is 13.4 Å². The molecule has 1 rings (SSSR count). The van der Waals surface area contributed by atoms with Gasteiger partial charge in [0.2, 0.25) is 10.0 Å².